The first kappa shape index (κ1) is 10.9. The predicted octanol–water partition coefficient (Wildman–Crippen LogP) is 3.37. The van der Waals surface area contributed by atoms with Crippen LogP contribution in [0.5, 0.6) is 0 Å². The quantitative estimate of drug-likeness (QED) is 0.827. The van der Waals surface area contributed by atoms with Crippen LogP contribution in [0.25, 0.3) is 11.1 Å². The smallest absolute Gasteiger partial charge is 0.0184 e. The fourth-order valence-corrected chi connectivity index (χ4v) is 1.94. The van der Waals surface area contributed by atoms with Crippen LogP contribution in [0.1, 0.15) is 18.1 Å². The molecule has 0 atom stereocenters. The van der Waals surface area contributed by atoms with Gasteiger partial charge in [-0.15, -0.1) is 0 Å². The Bertz CT molecular complexity index is 474. The van der Waals surface area contributed by atoms with E-state index in [-0.39, 0.29) is 0 Å². The van der Waals surface area contributed by atoms with Gasteiger partial charge in [0.05, 0.1) is 0 Å². The fourth-order valence-electron chi connectivity index (χ4n) is 1.94. The molecule has 0 amide bonds. The monoisotopic (exact) mass is 211 g/mol. The highest BCUT2D eigenvalue weighted by molar-refractivity contribution is 5.67. The summed E-state index contributed by atoms with van der Waals surface area (Å²) in [5.74, 6) is 0. The first-order chi connectivity index (χ1) is 7.85. The number of rotatable bonds is 3. The molecule has 1 nitrogen and oxygen atoms in total. The van der Waals surface area contributed by atoms with Crippen molar-refractivity contribution in [1.82, 2.24) is 0 Å². The first-order valence-corrected chi connectivity index (χ1v) is 5.72. The summed E-state index contributed by atoms with van der Waals surface area (Å²) in [6.07, 6.45) is 1.07. The number of hydrogen-bond acceptors (Lipinski definition) is 1. The van der Waals surface area contributed by atoms with Crippen LogP contribution in [0.4, 0.5) is 0 Å². The Morgan fingerprint density at radius 1 is 1.00 bits per heavy atom. The number of hydrogen-bond donors (Lipinski definition) is 1. The van der Waals surface area contributed by atoms with E-state index in [1.165, 1.54) is 22.3 Å². The minimum atomic E-state index is 0.590. The summed E-state index contributed by atoms with van der Waals surface area (Å²) in [5.41, 5.74) is 10.8. The molecule has 82 valence electrons. The highest BCUT2D eigenvalue weighted by Crippen LogP contribution is 2.24. The van der Waals surface area contributed by atoms with Crippen molar-refractivity contribution < 1.29 is 0 Å². The van der Waals surface area contributed by atoms with Gasteiger partial charge in [0, 0.05) is 6.54 Å². The second kappa shape index (κ2) is 4.95. The second-order valence-corrected chi connectivity index (χ2v) is 3.92. The van der Waals surface area contributed by atoms with Crippen molar-refractivity contribution in [1.29, 1.82) is 0 Å². The van der Waals surface area contributed by atoms with Gasteiger partial charge in [0.1, 0.15) is 0 Å². The van der Waals surface area contributed by atoms with Gasteiger partial charge in [-0.05, 0) is 28.7 Å². The van der Waals surface area contributed by atoms with Gasteiger partial charge in [-0.2, -0.15) is 0 Å². The lowest BCUT2D eigenvalue weighted by atomic mass is 9.97. The Balaban J connectivity index is 2.49. The van der Waals surface area contributed by atoms with Gasteiger partial charge < -0.3 is 5.73 Å². The third-order valence-corrected chi connectivity index (χ3v) is 2.88. The van der Waals surface area contributed by atoms with Crippen molar-refractivity contribution in [2.45, 2.75) is 19.9 Å². The molecule has 16 heavy (non-hydrogen) atoms. The van der Waals surface area contributed by atoms with E-state index in [2.05, 4.69) is 49.4 Å². The molecule has 0 bridgehead atoms. The zero-order valence-electron chi connectivity index (χ0n) is 9.61. The molecule has 2 rings (SSSR count). The lowest BCUT2D eigenvalue weighted by Crippen LogP contribution is -1.98. The first-order valence-electron chi connectivity index (χ1n) is 5.72. The number of aryl methyl sites for hydroxylation is 1. The van der Waals surface area contributed by atoms with Gasteiger partial charge in [0.2, 0.25) is 0 Å². The summed E-state index contributed by atoms with van der Waals surface area (Å²) >= 11 is 0. The van der Waals surface area contributed by atoms with Crippen LogP contribution in [0, 0.1) is 0 Å². The Kier molecular flexibility index (Phi) is 3.37. The highest BCUT2D eigenvalue weighted by atomic mass is 14.5. The van der Waals surface area contributed by atoms with E-state index < -0.39 is 0 Å². The van der Waals surface area contributed by atoms with Crippen LogP contribution in [0.2, 0.25) is 0 Å². The SMILES string of the molecule is CCc1cccc(-c2ccccc2CN)c1. The third-order valence-electron chi connectivity index (χ3n) is 2.88. The van der Waals surface area contributed by atoms with Crippen LogP contribution in [-0.2, 0) is 13.0 Å². The molecule has 0 fully saturated rings. The largest absolute Gasteiger partial charge is 0.326 e. The molecule has 0 radical (unpaired) electrons. The van der Waals surface area contributed by atoms with Gasteiger partial charge in [-0.25, -0.2) is 0 Å². The summed E-state index contributed by atoms with van der Waals surface area (Å²) in [6.45, 7) is 2.76. The van der Waals surface area contributed by atoms with E-state index in [0.717, 1.165) is 6.42 Å². The zero-order chi connectivity index (χ0) is 11.4. The van der Waals surface area contributed by atoms with Gasteiger partial charge in [-0.1, -0.05) is 55.5 Å². The Hall–Kier alpha value is -1.60. The summed E-state index contributed by atoms with van der Waals surface area (Å²) in [5, 5.41) is 0. The molecule has 2 N–H and O–H groups in total. The Labute approximate surface area is 96.9 Å². The lowest BCUT2D eigenvalue weighted by Gasteiger charge is -2.08. The third kappa shape index (κ3) is 2.15. The molecule has 0 aliphatic rings. The summed E-state index contributed by atoms with van der Waals surface area (Å²) in [7, 11) is 0. The van der Waals surface area contributed by atoms with E-state index >= 15 is 0 Å². The van der Waals surface area contributed by atoms with E-state index in [0.29, 0.717) is 6.54 Å². The van der Waals surface area contributed by atoms with Crippen molar-refractivity contribution in [3.8, 4) is 11.1 Å². The lowest BCUT2D eigenvalue weighted by molar-refractivity contribution is 1.07. The van der Waals surface area contributed by atoms with Gasteiger partial charge >= 0.3 is 0 Å². The zero-order valence-corrected chi connectivity index (χ0v) is 9.61. The molecule has 0 saturated heterocycles. The second-order valence-electron chi connectivity index (χ2n) is 3.92. The number of benzene rings is 2. The van der Waals surface area contributed by atoms with Crippen molar-refractivity contribution in [3.63, 3.8) is 0 Å². The average Bonchev–Trinajstić information content (AvgIpc) is 2.38. The van der Waals surface area contributed by atoms with Crippen LogP contribution in [0.15, 0.2) is 48.5 Å². The molecule has 0 unspecified atom stereocenters. The van der Waals surface area contributed by atoms with Crippen molar-refractivity contribution >= 4 is 0 Å². The fraction of sp³-hybridized carbons (Fsp3) is 0.200. The van der Waals surface area contributed by atoms with E-state index in [1.54, 1.807) is 0 Å². The maximum Gasteiger partial charge on any atom is 0.0184 e. The predicted molar refractivity (Wildman–Crippen MR) is 69.1 cm³/mol. The maximum absolute atomic E-state index is 5.76. The minimum Gasteiger partial charge on any atom is -0.326 e. The van der Waals surface area contributed by atoms with Gasteiger partial charge in [0.25, 0.3) is 0 Å². The molecule has 1 heteroatoms. The van der Waals surface area contributed by atoms with Crippen molar-refractivity contribution in [2.24, 2.45) is 5.73 Å². The number of nitrogens with two attached hydrogens (primary N) is 1. The normalized spacial score (nSPS) is 10.4. The Morgan fingerprint density at radius 3 is 2.56 bits per heavy atom. The van der Waals surface area contributed by atoms with E-state index in [1.807, 2.05) is 6.07 Å². The summed E-state index contributed by atoms with van der Waals surface area (Å²) in [4.78, 5) is 0. The van der Waals surface area contributed by atoms with Crippen LogP contribution < -0.4 is 5.73 Å². The summed E-state index contributed by atoms with van der Waals surface area (Å²) in [6, 6.07) is 17.0. The van der Waals surface area contributed by atoms with Crippen LogP contribution >= 0.6 is 0 Å². The maximum atomic E-state index is 5.76. The molecular weight excluding hydrogens is 194 g/mol. The van der Waals surface area contributed by atoms with E-state index in [4.69, 9.17) is 5.73 Å². The van der Waals surface area contributed by atoms with Crippen molar-refractivity contribution in [2.75, 3.05) is 0 Å². The van der Waals surface area contributed by atoms with Crippen molar-refractivity contribution in [3.05, 3.63) is 59.7 Å². The molecule has 0 spiro atoms. The highest BCUT2D eigenvalue weighted by Gasteiger charge is 2.03. The molecule has 0 aliphatic heterocycles. The van der Waals surface area contributed by atoms with Gasteiger partial charge in [0.15, 0.2) is 0 Å². The molecule has 0 heterocycles. The summed E-state index contributed by atoms with van der Waals surface area (Å²) < 4.78 is 0. The average molecular weight is 211 g/mol. The molecule has 2 aromatic rings. The van der Waals surface area contributed by atoms with Crippen LogP contribution in [0.3, 0.4) is 0 Å². The minimum absolute atomic E-state index is 0.590. The molecule has 0 aliphatic carbocycles. The van der Waals surface area contributed by atoms with Crippen LogP contribution in [-0.4, -0.2) is 0 Å². The Morgan fingerprint density at radius 2 is 1.81 bits per heavy atom. The molecule has 0 aromatic heterocycles. The van der Waals surface area contributed by atoms with Gasteiger partial charge in [-0.3, -0.25) is 0 Å². The van der Waals surface area contributed by atoms with E-state index in [9.17, 15) is 0 Å². The molecule has 2 aromatic carbocycles. The topological polar surface area (TPSA) is 26.0 Å². The molecule has 0 saturated carbocycles. The standard InChI is InChI=1S/C15H17N/c1-2-12-6-5-8-13(10-12)15-9-4-3-7-14(15)11-16/h3-10H,2,11,16H2,1H3. The molecular formula is C15H17N.